The highest BCUT2D eigenvalue weighted by molar-refractivity contribution is 14.1. The fraction of sp³-hybridized carbons (Fsp3) is 0.0588. The molecule has 0 spiro atoms. The Balaban J connectivity index is 1.65. The fourth-order valence-electron chi connectivity index (χ4n) is 2.13. The third kappa shape index (κ3) is 4.80. The van der Waals surface area contributed by atoms with Gasteiger partial charge in [-0.1, -0.05) is 30.3 Å². The van der Waals surface area contributed by atoms with Crippen molar-refractivity contribution in [2.75, 3.05) is 10.0 Å². The van der Waals surface area contributed by atoms with Gasteiger partial charge in [-0.3, -0.25) is 9.52 Å². The molecule has 1 amide bonds. The maximum Gasteiger partial charge on any atom is 0.263 e. The van der Waals surface area contributed by atoms with Crippen molar-refractivity contribution in [2.45, 2.75) is 11.3 Å². The molecule has 0 unspecified atom stereocenters. The molecule has 0 radical (unpaired) electrons. The van der Waals surface area contributed by atoms with E-state index in [0.29, 0.717) is 5.69 Å². The zero-order valence-electron chi connectivity index (χ0n) is 13.3. The van der Waals surface area contributed by atoms with E-state index in [4.69, 9.17) is 0 Å². The number of benzene rings is 2. The van der Waals surface area contributed by atoms with Crippen LogP contribution in [-0.2, 0) is 21.2 Å². The Kier molecular flexibility index (Phi) is 5.89. The van der Waals surface area contributed by atoms with Gasteiger partial charge in [-0.25, -0.2) is 13.4 Å². The first kappa shape index (κ1) is 18.8. The summed E-state index contributed by atoms with van der Waals surface area (Å²) in [5.74, 6) is -0.211. The first-order valence-corrected chi connectivity index (χ1v) is 10.9. The molecule has 0 aliphatic carbocycles. The van der Waals surface area contributed by atoms with Crippen LogP contribution in [0.4, 0.5) is 10.8 Å². The molecule has 2 aromatic carbocycles. The summed E-state index contributed by atoms with van der Waals surface area (Å²) in [6, 6.07) is 15.5. The molecule has 9 heteroatoms. The number of carbonyl (C=O) groups is 1. The van der Waals surface area contributed by atoms with Crippen molar-refractivity contribution >= 4 is 60.7 Å². The highest BCUT2D eigenvalue weighted by atomic mass is 127. The molecule has 134 valence electrons. The van der Waals surface area contributed by atoms with Gasteiger partial charge < -0.3 is 5.32 Å². The Morgan fingerprint density at radius 1 is 1.08 bits per heavy atom. The summed E-state index contributed by atoms with van der Waals surface area (Å²) in [5.41, 5.74) is 1.24. The molecule has 0 atom stereocenters. The van der Waals surface area contributed by atoms with Crippen LogP contribution in [0.25, 0.3) is 0 Å². The number of para-hydroxylation sites is 1. The highest BCUT2D eigenvalue weighted by Crippen LogP contribution is 2.21. The summed E-state index contributed by atoms with van der Waals surface area (Å²) in [4.78, 5) is 16.5. The van der Waals surface area contributed by atoms with Gasteiger partial charge in [0.05, 0.1) is 22.7 Å². The minimum atomic E-state index is -3.69. The van der Waals surface area contributed by atoms with Gasteiger partial charge in [0.2, 0.25) is 5.91 Å². The van der Waals surface area contributed by atoms with Gasteiger partial charge in [-0.15, -0.1) is 11.3 Å². The summed E-state index contributed by atoms with van der Waals surface area (Å²) in [7, 11) is -3.69. The molecule has 0 aliphatic rings. The van der Waals surface area contributed by atoms with Crippen molar-refractivity contribution in [3.8, 4) is 0 Å². The molecule has 0 saturated carbocycles. The van der Waals surface area contributed by atoms with Crippen molar-refractivity contribution in [3.05, 3.63) is 69.2 Å². The zero-order valence-corrected chi connectivity index (χ0v) is 17.1. The summed E-state index contributed by atoms with van der Waals surface area (Å²) >= 11 is 3.28. The fourth-order valence-corrected chi connectivity index (χ4v) is 4.64. The third-order valence-corrected chi connectivity index (χ3v) is 6.55. The van der Waals surface area contributed by atoms with Gasteiger partial charge in [0.15, 0.2) is 5.13 Å². The van der Waals surface area contributed by atoms with E-state index in [0.717, 1.165) is 20.6 Å². The van der Waals surface area contributed by atoms with Crippen LogP contribution >= 0.6 is 33.9 Å². The number of sulfonamides is 1. The number of amides is 1. The Morgan fingerprint density at radius 2 is 1.77 bits per heavy atom. The average molecular weight is 499 g/mol. The van der Waals surface area contributed by atoms with E-state index in [2.05, 4.69) is 37.6 Å². The molecule has 1 heterocycles. The molecule has 0 fully saturated rings. The number of anilines is 2. The van der Waals surface area contributed by atoms with Crippen molar-refractivity contribution in [2.24, 2.45) is 0 Å². The average Bonchev–Trinajstić information content (AvgIpc) is 3.04. The van der Waals surface area contributed by atoms with Crippen LogP contribution in [0.1, 0.15) is 5.69 Å². The Hall–Kier alpha value is -1.98. The van der Waals surface area contributed by atoms with E-state index in [9.17, 15) is 13.2 Å². The molecular formula is C17H14IN3O3S2. The molecular weight excluding hydrogens is 485 g/mol. The lowest BCUT2D eigenvalue weighted by molar-refractivity contribution is -0.115. The van der Waals surface area contributed by atoms with E-state index >= 15 is 0 Å². The summed E-state index contributed by atoms with van der Waals surface area (Å²) in [6.45, 7) is 0. The quantitative estimate of drug-likeness (QED) is 0.506. The Bertz CT molecular complexity index is 1020. The minimum Gasteiger partial charge on any atom is -0.325 e. The lowest BCUT2D eigenvalue weighted by atomic mass is 10.3. The molecule has 0 saturated heterocycles. The van der Waals surface area contributed by atoms with Gasteiger partial charge >= 0.3 is 0 Å². The largest absolute Gasteiger partial charge is 0.325 e. The topological polar surface area (TPSA) is 88.2 Å². The van der Waals surface area contributed by atoms with Gasteiger partial charge in [0.25, 0.3) is 10.0 Å². The second-order valence-electron chi connectivity index (χ2n) is 5.27. The lowest BCUT2D eigenvalue weighted by Gasteiger charge is -2.06. The number of halogens is 1. The smallest absolute Gasteiger partial charge is 0.263 e. The Labute approximate surface area is 168 Å². The molecule has 0 aliphatic heterocycles. The number of hydrogen-bond donors (Lipinski definition) is 2. The molecule has 3 aromatic rings. The van der Waals surface area contributed by atoms with Crippen molar-refractivity contribution in [1.29, 1.82) is 0 Å². The number of nitrogens with one attached hydrogen (secondary N) is 2. The maximum atomic E-state index is 12.3. The number of carbonyl (C=O) groups excluding carboxylic acids is 1. The van der Waals surface area contributed by atoms with Crippen LogP contribution in [0.5, 0.6) is 0 Å². The van der Waals surface area contributed by atoms with E-state index in [1.165, 1.54) is 12.1 Å². The summed E-state index contributed by atoms with van der Waals surface area (Å²) in [6.07, 6.45) is 0.0640. The first-order valence-electron chi connectivity index (χ1n) is 7.51. The van der Waals surface area contributed by atoms with E-state index in [1.54, 1.807) is 23.6 Å². The molecule has 0 bridgehead atoms. The standard InChI is InChI=1S/C17H14IN3O3S2/c18-14-8-4-5-9-15(14)20-16(22)10-12-11-25-17(19-12)21-26(23,24)13-6-2-1-3-7-13/h1-9,11H,10H2,(H,19,21)(H,20,22). The van der Waals surface area contributed by atoms with E-state index in [1.807, 2.05) is 24.3 Å². The van der Waals surface area contributed by atoms with Gasteiger partial charge in [0, 0.05) is 8.95 Å². The number of aromatic nitrogens is 1. The van der Waals surface area contributed by atoms with Gasteiger partial charge in [-0.05, 0) is 46.9 Å². The van der Waals surface area contributed by atoms with E-state index in [-0.39, 0.29) is 22.4 Å². The van der Waals surface area contributed by atoms with Gasteiger partial charge in [-0.2, -0.15) is 0 Å². The summed E-state index contributed by atoms with van der Waals surface area (Å²) < 4.78 is 27.9. The molecule has 26 heavy (non-hydrogen) atoms. The predicted molar refractivity (Wildman–Crippen MR) is 111 cm³/mol. The Morgan fingerprint density at radius 3 is 2.50 bits per heavy atom. The van der Waals surface area contributed by atoms with Crippen LogP contribution in [0, 0.1) is 3.57 Å². The van der Waals surface area contributed by atoms with E-state index < -0.39 is 10.0 Å². The first-order chi connectivity index (χ1) is 12.4. The van der Waals surface area contributed by atoms with Crippen molar-refractivity contribution in [1.82, 2.24) is 4.98 Å². The molecule has 6 nitrogen and oxygen atoms in total. The van der Waals surface area contributed by atoms with Crippen LogP contribution in [0.15, 0.2) is 64.9 Å². The lowest BCUT2D eigenvalue weighted by Crippen LogP contribution is -2.16. The van der Waals surface area contributed by atoms with Crippen LogP contribution in [0.2, 0.25) is 0 Å². The van der Waals surface area contributed by atoms with Crippen LogP contribution in [0.3, 0.4) is 0 Å². The van der Waals surface area contributed by atoms with Crippen LogP contribution < -0.4 is 10.0 Å². The minimum absolute atomic E-state index is 0.0640. The number of nitrogens with zero attached hydrogens (tertiary/aromatic N) is 1. The van der Waals surface area contributed by atoms with Crippen LogP contribution in [-0.4, -0.2) is 19.3 Å². The number of thiazole rings is 1. The predicted octanol–water partition coefficient (Wildman–Crippen LogP) is 3.73. The third-order valence-electron chi connectivity index (χ3n) is 3.32. The number of hydrogen-bond acceptors (Lipinski definition) is 5. The second-order valence-corrected chi connectivity index (χ2v) is 8.97. The second kappa shape index (κ2) is 8.14. The molecule has 2 N–H and O–H groups in total. The molecule has 1 aromatic heterocycles. The maximum absolute atomic E-state index is 12.3. The van der Waals surface area contributed by atoms with Crippen molar-refractivity contribution in [3.63, 3.8) is 0 Å². The van der Waals surface area contributed by atoms with Crippen molar-refractivity contribution < 1.29 is 13.2 Å². The van der Waals surface area contributed by atoms with Gasteiger partial charge in [0.1, 0.15) is 0 Å². The highest BCUT2D eigenvalue weighted by Gasteiger charge is 2.16. The molecule has 3 rings (SSSR count). The normalized spacial score (nSPS) is 11.1. The summed E-state index contributed by atoms with van der Waals surface area (Å²) in [5, 5.41) is 4.71. The number of rotatable bonds is 6. The SMILES string of the molecule is O=C(Cc1csc(NS(=O)(=O)c2ccccc2)n1)Nc1ccccc1I. The monoisotopic (exact) mass is 499 g/mol. The zero-order chi connectivity index (χ0) is 18.6.